The smallest absolute Gasteiger partial charge is 0.410 e. The number of fused-ring (bicyclic) bond motifs is 1. The molecule has 4 rings (SSSR count). The molecule has 1 amide bonds. The molecule has 3 heterocycles. The van der Waals surface area contributed by atoms with Crippen molar-refractivity contribution in [3.05, 3.63) is 30.3 Å². The van der Waals surface area contributed by atoms with E-state index in [1.807, 2.05) is 44.6 Å². The van der Waals surface area contributed by atoms with Crippen LogP contribution in [0.2, 0.25) is 0 Å². The van der Waals surface area contributed by atoms with E-state index in [0.29, 0.717) is 38.1 Å². The van der Waals surface area contributed by atoms with Gasteiger partial charge in [0.1, 0.15) is 11.3 Å². The number of carbonyl (C=O) groups is 1. The van der Waals surface area contributed by atoms with Crippen molar-refractivity contribution in [1.82, 2.24) is 19.7 Å². The third kappa shape index (κ3) is 7.13. The Balaban J connectivity index is 1.55. The zero-order chi connectivity index (χ0) is 28.0. The van der Waals surface area contributed by atoms with Crippen LogP contribution in [-0.4, -0.2) is 70.8 Å². The zero-order valence-corrected chi connectivity index (χ0v) is 24.3. The molecule has 0 radical (unpaired) electrons. The van der Waals surface area contributed by atoms with Crippen molar-refractivity contribution in [2.24, 2.45) is 7.05 Å². The van der Waals surface area contributed by atoms with Crippen LogP contribution in [0, 0.1) is 0 Å². The number of piperazine rings is 1. The number of hydrogen-bond donors (Lipinski definition) is 0. The number of unbranched alkanes of at least 4 members (excludes halogenated alkanes) is 2. The molecule has 1 aliphatic heterocycles. The molecule has 0 atom stereocenters. The molecule has 3 aromatic rings. The van der Waals surface area contributed by atoms with Crippen molar-refractivity contribution < 1.29 is 19.0 Å². The first-order valence-corrected chi connectivity index (χ1v) is 14.2. The number of hydrogen-bond acceptors (Lipinski definition) is 7. The highest BCUT2D eigenvalue weighted by atomic mass is 16.6. The van der Waals surface area contributed by atoms with Gasteiger partial charge in [0.25, 0.3) is 0 Å². The van der Waals surface area contributed by atoms with Gasteiger partial charge in [0.05, 0.1) is 24.3 Å². The Labute approximate surface area is 232 Å². The van der Waals surface area contributed by atoms with Gasteiger partial charge in [-0.2, -0.15) is 10.1 Å². The minimum Gasteiger partial charge on any atom is -0.478 e. The van der Waals surface area contributed by atoms with Gasteiger partial charge < -0.3 is 24.0 Å². The van der Waals surface area contributed by atoms with Crippen LogP contribution in [0.5, 0.6) is 11.8 Å². The largest absolute Gasteiger partial charge is 0.478 e. The average molecular weight is 538 g/mol. The van der Waals surface area contributed by atoms with Crippen molar-refractivity contribution >= 4 is 22.7 Å². The van der Waals surface area contributed by atoms with Crippen LogP contribution < -0.4 is 14.4 Å². The van der Waals surface area contributed by atoms with Gasteiger partial charge in [0.2, 0.25) is 11.8 Å². The molecule has 0 unspecified atom stereocenters. The summed E-state index contributed by atoms with van der Waals surface area (Å²) in [5, 5.41) is 5.91. The van der Waals surface area contributed by atoms with Gasteiger partial charge in [0, 0.05) is 50.4 Å². The number of aryl methyl sites for hydroxylation is 1. The Bertz CT molecular complexity index is 1260. The molecule has 1 aromatic carbocycles. The van der Waals surface area contributed by atoms with Gasteiger partial charge in [-0.15, -0.1) is 0 Å². The number of amides is 1. The predicted octanol–water partition coefficient (Wildman–Crippen LogP) is 6.05. The number of benzene rings is 1. The Morgan fingerprint density at radius 2 is 1.64 bits per heavy atom. The minimum absolute atomic E-state index is 0.249. The van der Waals surface area contributed by atoms with E-state index < -0.39 is 5.60 Å². The lowest BCUT2D eigenvalue weighted by molar-refractivity contribution is 0.0240. The highest BCUT2D eigenvalue weighted by Gasteiger charge is 2.26. The van der Waals surface area contributed by atoms with Crippen LogP contribution in [0.3, 0.4) is 0 Å². The SMILES string of the molecule is CCCCOc1ccc(-c2nn(C)c3cc(N4CCN(C(=O)OC(C)(C)C)CC4)ccc23)c(OCCCC)n1. The van der Waals surface area contributed by atoms with Gasteiger partial charge in [-0.25, -0.2) is 4.79 Å². The summed E-state index contributed by atoms with van der Waals surface area (Å²) in [6, 6.07) is 10.3. The van der Waals surface area contributed by atoms with E-state index in [0.717, 1.165) is 66.6 Å². The molecule has 212 valence electrons. The number of pyridine rings is 1. The van der Waals surface area contributed by atoms with Gasteiger partial charge in [-0.05, 0) is 57.9 Å². The maximum absolute atomic E-state index is 12.5. The fraction of sp³-hybridized carbons (Fsp3) is 0.567. The van der Waals surface area contributed by atoms with Crippen LogP contribution in [0.25, 0.3) is 22.2 Å². The van der Waals surface area contributed by atoms with E-state index in [1.54, 1.807) is 4.90 Å². The highest BCUT2D eigenvalue weighted by Crippen LogP contribution is 2.36. The normalized spacial score (nSPS) is 14.1. The van der Waals surface area contributed by atoms with E-state index in [-0.39, 0.29) is 6.09 Å². The summed E-state index contributed by atoms with van der Waals surface area (Å²) in [5.41, 5.74) is 3.35. The Morgan fingerprint density at radius 3 is 2.31 bits per heavy atom. The second kappa shape index (κ2) is 12.6. The molecular weight excluding hydrogens is 494 g/mol. The van der Waals surface area contributed by atoms with Gasteiger partial charge >= 0.3 is 6.09 Å². The number of ether oxygens (including phenoxy) is 3. The Hall–Kier alpha value is -3.49. The monoisotopic (exact) mass is 537 g/mol. The van der Waals surface area contributed by atoms with E-state index in [4.69, 9.17) is 24.3 Å². The summed E-state index contributed by atoms with van der Waals surface area (Å²) >= 11 is 0. The standard InChI is InChI=1S/C30H43N5O4/c1-7-9-19-37-26-14-13-24(28(31-26)38-20-10-8-2)27-23-12-11-22(21-25(23)33(6)32-27)34-15-17-35(18-16-34)29(36)39-30(3,4)5/h11-14,21H,7-10,15-20H2,1-6H3. The van der Waals surface area contributed by atoms with Crippen LogP contribution in [0.4, 0.5) is 10.5 Å². The first-order chi connectivity index (χ1) is 18.7. The van der Waals surface area contributed by atoms with Crippen molar-refractivity contribution in [2.75, 3.05) is 44.3 Å². The summed E-state index contributed by atoms with van der Waals surface area (Å²) in [5.74, 6) is 1.13. The molecule has 2 aromatic heterocycles. The lowest BCUT2D eigenvalue weighted by atomic mass is 10.1. The van der Waals surface area contributed by atoms with Crippen LogP contribution in [0.15, 0.2) is 30.3 Å². The minimum atomic E-state index is -0.491. The molecule has 9 heteroatoms. The second-order valence-corrected chi connectivity index (χ2v) is 11.0. The van der Waals surface area contributed by atoms with Gasteiger partial charge in [-0.3, -0.25) is 4.68 Å². The van der Waals surface area contributed by atoms with E-state index in [1.165, 1.54) is 0 Å². The number of carbonyl (C=O) groups excluding carboxylic acids is 1. The highest BCUT2D eigenvalue weighted by molar-refractivity contribution is 5.96. The van der Waals surface area contributed by atoms with Gasteiger partial charge in [-0.1, -0.05) is 26.7 Å². The molecule has 1 saturated heterocycles. The average Bonchev–Trinajstić information content (AvgIpc) is 3.24. The van der Waals surface area contributed by atoms with E-state index in [2.05, 4.69) is 36.9 Å². The van der Waals surface area contributed by atoms with E-state index >= 15 is 0 Å². The molecule has 0 saturated carbocycles. The number of anilines is 1. The lowest BCUT2D eigenvalue weighted by Crippen LogP contribution is -2.50. The fourth-order valence-electron chi connectivity index (χ4n) is 4.54. The first-order valence-electron chi connectivity index (χ1n) is 14.2. The number of nitrogens with zero attached hydrogens (tertiary/aromatic N) is 5. The quantitative estimate of drug-likeness (QED) is 0.291. The van der Waals surface area contributed by atoms with E-state index in [9.17, 15) is 4.79 Å². The predicted molar refractivity (Wildman–Crippen MR) is 155 cm³/mol. The zero-order valence-electron chi connectivity index (χ0n) is 24.3. The Kier molecular flexibility index (Phi) is 9.20. The first kappa shape index (κ1) is 28.5. The topological polar surface area (TPSA) is 82.0 Å². The molecule has 0 spiro atoms. The summed E-state index contributed by atoms with van der Waals surface area (Å²) in [7, 11) is 1.96. The maximum atomic E-state index is 12.5. The molecule has 0 N–H and O–H groups in total. The van der Waals surface area contributed by atoms with Crippen molar-refractivity contribution in [1.29, 1.82) is 0 Å². The summed E-state index contributed by atoms with van der Waals surface area (Å²) in [6.45, 7) is 13.9. The molecule has 39 heavy (non-hydrogen) atoms. The van der Waals surface area contributed by atoms with Crippen LogP contribution >= 0.6 is 0 Å². The fourth-order valence-corrected chi connectivity index (χ4v) is 4.54. The third-order valence-electron chi connectivity index (χ3n) is 6.71. The molecule has 0 bridgehead atoms. The van der Waals surface area contributed by atoms with Crippen molar-refractivity contribution in [2.45, 2.75) is 65.9 Å². The molecule has 0 aliphatic carbocycles. The van der Waals surface area contributed by atoms with Crippen molar-refractivity contribution in [3.63, 3.8) is 0 Å². The second-order valence-electron chi connectivity index (χ2n) is 11.0. The molecule has 1 aliphatic rings. The molecular formula is C30H43N5O4. The Morgan fingerprint density at radius 1 is 0.949 bits per heavy atom. The summed E-state index contributed by atoms with van der Waals surface area (Å²) in [4.78, 5) is 21.2. The molecule has 9 nitrogen and oxygen atoms in total. The van der Waals surface area contributed by atoms with Crippen molar-refractivity contribution in [3.8, 4) is 23.0 Å². The third-order valence-corrected chi connectivity index (χ3v) is 6.71. The summed E-state index contributed by atoms with van der Waals surface area (Å²) < 4.78 is 19.4. The lowest BCUT2D eigenvalue weighted by Gasteiger charge is -2.36. The van der Waals surface area contributed by atoms with Crippen LogP contribution in [0.1, 0.15) is 60.3 Å². The van der Waals surface area contributed by atoms with Gasteiger partial charge in [0.15, 0.2) is 0 Å². The number of aromatic nitrogens is 3. The molecule has 1 fully saturated rings. The van der Waals surface area contributed by atoms with Crippen LogP contribution in [-0.2, 0) is 11.8 Å². The summed E-state index contributed by atoms with van der Waals surface area (Å²) in [6.07, 6.45) is 3.80. The number of rotatable bonds is 10. The maximum Gasteiger partial charge on any atom is 0.410 e.